The number of nitrogens with zero attached hydrogens (tertiary/aromatic N) is 4. The van der Waals surface area contributed by atoms with E-state index in [1.54, 1.807) is 23.1 Å². The molecule has 0 aliphatic carbocycles. The molecule has 1 aromatic carbocycles. The van der Waals surface area contributed by atoms with E-state index in [4.69, 9.17) is 9.47 Å². The molecule has 2 aliphatic heterocycles. The number of sulfonamides is 1. The Morgan fingerprint density at radius 3 is 2.64 bits per heavy atom. The smallest absolute Gasteiger partial charge is 0.311 e. The van der Waals surface area contributed by atoms with Gasteiger partial charge in [-0.1, -0.05) is 0 Å². The van der Waals surface area contributed by atoms with Gasteiger partial charge in [0.05, 0.1) is 35.1 Å². The van der Waals surface area contributed by atoms with Gasteiger partial charge in [0.2, 0.25) is 15.9 Å². The van der Waals surface area contributed by atoms with E-state index in [-0.39, 0.29) is 29.9 Å². The molecule has 0 bridgehead atoms. The largest absolute Gasteiger partial charge is 0.457 e. The third kappa shape index (κ3) is 4.62. The van der Waals surface area contributed by atoms with Gasteiger partial charge < -0.3 is 18.9 Å². The number of morpholine rings is 1. The number of amides is 1. The molecule has 180 valence electrons. The van der Waals surface area contributed by atoms with Gasteiger partial charge in [-0.2, -0.15) is 4.31 Å². The molecular weight excluding hydrogens is 448 g/mol. The fourth-order valence-electron chi connectivity index (χ4n) is 4.36. The molecular formula is C22H30N4O6S. The number of esters is 1. The average molecular weight is 479 g/mol. The van der Waals surface area contributed by atoms with Crippen LogP contribution in [0, 0.1) is 5.92 Å². The summed E-state index contributed by atoms with van der Waals surface area (Å²) in [6.45, 7) is 8.09. The maximum atomic E-state index is 13.0. The third-order valence-corrected chi connectivity index (χ3v) is 8.08. The topological polar surface area (TPSA) is 111 Å². The maximum Gasteiger partial charge on any atom is 0.311 e. The standard InChI is InChI=1S/C22H30N4O6S/c1-4-25-19-6-5-17(33(29,30)24-7-9-31-10-8-24)12-18(19)23-20(25)14-32-22(28)16-11-21(27)26(13-16)15(2)3/h5-6,12,15-16H,4,7-11,13-14H2,1-3H3. The van der Waals surface area contributed by atoms with Gasteiger partial charge in [-0.25, -0.2) is 13.4 Å². The fraction of sp³-hybridized carbons (Fsp3) is 0.591. The predicted molar refractivity (Wildman–Crippen MR) is 120 cm³/mol. The summed E-state index contributed by atoms with van der Waals surface area (Å²) in [5.74, 6) is -0.407. The van der Waals surface area contributed by atoms with Crippen LogP contribution in [0.25, 0.3) is 11.0 Å². The Hall–Kier alpha value is -2.50. The summed E-state index contributed by atoms with van der Waals surface area (Å²) < 4.78 is 40.1. The van der Waals surface area contributed by atoms with Gasteiger partial charge in [-0.3, -0.25) is 9.59 Å². The highest BCUT2D eigenvalue weighted by Gasteiger charge is 2.36. The van der Waals surface area contributed by atoms with E-state index in [0.717, 1.165) is 5.52 Å². The zero-order valence-electron chi connectivity index (χ0n) is 19.2. The van der Waals surface area contributed by atoms with Crippen molar-refractivity contribution in [3.63, 3.8) is 0 Å². The molecule has 1 aromatic heterocycles. The third-order valence-electron chi connectivity index (χ3n) is 6.18. The Labute approximate surface area is 193 Å². The number of hydrogen-bond donors (Lipinski definition) is 0. The Morgan fingerprint density at radius 2 is 2.00 bits per heavy atom. The molecule has 3 heterocycles. The first-order valence-electron chi connectivity index (χ1n) is 11.3. The summed E-state index contributed by atoms with van der Waals surface area (Å²) in [5, 5.41) is 0. The van der Waals surface area contributed by atoms with Crippen LogP contribution in [0.2, 0.25) is 0 Å². The van der Waals surface area contributed by atoms with E-state index in [9.17, 15) is 18.0 Å². The van der Waals surface area contributed by atoms with Crippen LogP contribution >= 0.6 is 0 Å². The van der Waals surface area contributed by atoms with Gasteiger partial charge in [0.15, 0.2) is 0 Å². The highest BCUT2D eigenvalue weighted by molar-refractivity contribution is 7.89. The Balaban J connectivity index is 1.51. The number of aryl methyl sites for hydroxylation is 1. The number of fused-ring (bicyclic) bond motifs is 1. The molecule has 2 aliphatic rings. The number of likely N-dealkylation sites (tertiary alicyclic amines) is 1. The van der Waals surface area contributed by atoms with E-state index in [0.29, 0.717) is 50.7 Å². The molecule has 2 aromatic rings. The number of hydrogen-bond acceptors (Lipinski definition) is 7. The molecule has 1 amide bonds. The van der Waals surface area contributed by atoms with Crippen LogP contribution in [0.5, 0.6) is 0 Å². The molecule has 2 saturated heterocycles. The van der Waals surface area contributed by atoms with Crippen LogP contribution in [-0.2, 0) is 42.2 Å². The summed E-state index contributed by atoms with van der Waals surface area (Å²) in [5.41, 5.74) is 1.30. The van der Waals surface area contributed by atoms with Crippen molar-refractivity contribution in [2.45, 2.75) is 51.3 Å². The van der Waals surface area contributed by atoms with Crippen molar-refractivity contribution >= 4 is 32.9 Å². The van der Waals surface area contributed by atoms with Crippen molar-refractivity contribution in [3.05, 3.63) is 24.0 Å². The maximum absolute atomic E-state index is 13.0. The first kappa shape index (κ1) is 23.7. The van der Waals surface area contributed by atoms with Gasteiger partial charge in [-0.15, -0.1) is 0 Å². The zero-order chi connectivity index (χ0) is 23.8. The number of benzene rings is 1. The highest BCUT2D eigenvalue weighted by atomic mass is 32.2. The van der Waals surface area contributed by atoms with E-state index >= 15 is 0 Å². The van der Waals surface area contributed by atoms with Crippen molar-refractivity contribution < 1.29 is 27.5 Å². The Kier molecular flexibility index (Phi) is 6.73. The van der Waals surface area contributed by atoms with Crippen LogP contribution in [0.4, 0.5) is 0 Å². The van der Waals surface area contributed by atoms with Crippen LogP contribution in [0.3, 0.4) is 0 Å². The van der Waals surface area contributed by atoms with Crippen molar-refractivity contribution in [1.82, 2.24) is 18.8 Å². The summed E-state index contributed by atoms with van der Waals surface area (Å²) in [6, 6.07) is 4.93. The second kappa shape index (κ2) is 9.40. The second-order valence-corrected chi connectivity index (χ2v) is 10.5. The van der Waals surface area contributed by atoms with E-state index in [1.807, 2.05) is 25.3 Å². The molecule has 0 radical (unpaired) electrons. The normalized spacial score (nSPS) is 20.2. The fourth-order valence-corrected chi connectivity index (χ4v) is 5.79. The summed E-state index contributed by atoms with van der Waals surface area (Å²) >= 11 is 0. The number of imidazole rings is 1. The molecule has 33 heavy (non-hydrogen) atoms. The average Bonchev–Trinajstić information content (AvgIpc) is 3.37. The van der Waals surface area contributed by atoms with Crippen LogP contribution in [-0.4, -0.2) is 77.9 Å². The lowest BCUT2D eigenvalue weighted by molar-refractivity contribution is -0.150. The molecule has 11 heteroatoms. The van der Waals surface area contributed by atoms with Gasteiger partial charge in [0.1, 0.15) is 12.4 Å². The quantitative estimate of drug-likeness (QED) is 0.553. The van der Waals surface area contributed by atoms with E-state index < -0.39 is 21.9 Å². The van der Waals surface area contributed by atoms with Gasteiger partial charge in [-0.05, 0) is 39.0 Å². The number of aromatic nitrogens is 2. The minimum absolute atomic E-state index is 0.0400. The molecule has 0 N–H and O–H groups in total. The van der Waals surface area contributed by atoms with Crippen LogP contribution in [0.15, 0.2) is 23.1 Å². The van der Waals surface area contributed by atoms with Crippen LogP contribution in [0.1, 0.15) is 33.0 Å². The van der Waals surface area contributed by atoms with Gasteiger partial charge in [0.25, 0.3) is 0 Å². The highest BCUT2D eigenvalue weighted by Crippen LogP contribution is 2.25. The van der Waals surface area contributed by atoms with Crippen molar-refractivity contribution in [2.24, 2.45) is 5.92 Å². The summed E-state index contributed by atoms with van der Waals surface area (Å²) in [4.78, 5) is 31.1. The van der Waals surface area contributed by atoms with E-state index in [1.165, 1.54) is 4.31 Å². The summed E-state index contributed by atoms with van der Waals surface area (Å²) in [6.07, 6.45) is 0.157. The molecule has 2 fully saturated rings. The Morgan fingerprint density at radius 1 is 1.27 bits per heavy atom. The molecule has 10 nitrogen and oxygen atoms in total. The summed E-state index contributed by atoms with van der Waals surface area (Å²) in [7, 11) is -3.64. The first-order chi connectivity index (χ1) is 15.7. The van der Waals surface area contributed by atoms with Crippen molar-refractivity contribution in [3.8, 4) is 0 Å². The molecule has 4 rings (SSSR count). The number of ether oxygens (including phenoxy) is 2. The SMILES string of the molecule is CCn1c(COC(=O)C2CC(=O)N(C(C)C)C2)nc2cc(S(=O)(=O)N3CCOCC3)ccc21. The molecule has 0 spiro atoms. The first-order valence-corrected chi connectivity index (χ1v) is 12.7. The van der Waals surface area contributed by atoms with Crippen LogP contribution < -0.4 is 0 Å². The second-order valence-electron chi connectivity index (χ2n) is 8.59. The zero-order valence-corrected chi connectivity index (χ0v) is 20.0. The van der Waals surface area contributed by atoms with E-state index in [2.05, 4.69) is 4.98 Å². The van der Waals surface area contributed by atoms with Crippen molar-refractivity contribution in [1.29, 1.82) is 0 Å². The molecule has 0 saturated carbocycles. The molecule has 1 unspecified atom stereocenters. The number of carbonyl (C=O) groups is 2. The molecule has 1 atom stereocenters. The van der Waals surface area contributed by atoms with Crippen molar-refractivity contribution in [2.75, 3.05) is 32.8 Å². The van der Waals surface area contributed by atoms with Gasteiger partial charge in [0, 0.05) is 38.6 Å². The minimum Gasteiger partial charge on any atom is -0.457 e. The minimum atomic E-state index is -3.64. The lowest BCUT2D eigenvalue weighted by atomic mass is 10.1. The number of carbonyl (C=O) groups excluding carboxylic acids is 2. The van der Waals surface area contributed by atoms with Gasteiger partial charge >= 0.3 is 5.97 Å². The number of rotatable bonds is 7. The lowest BCUT2D eigenvalue weighted by Crippen LogP contribution is -2.40. The lowest BCUT2D eigenvalue weighted by Gasteiger charge is -2.26. The monoisotopic (exact) mass is 478 g/mol. The predicted octanol–water partition coefficient (Wildman–Crippen LogP) is 1.38. The Bertz CT molecular complexity index is 1150.